The third-order valence-electron chi connectivity index (χ3n) is 1.01. The maximum Gasteiger partial charge on any atom is 0.0867 e. The molecule has 0 amide bonds. The van der Waals surface area contributed by atoms with Crippen molar-refractivity contribution in [1.29, 1.82) is 0 Å². The Morgan fingerprint density at radius 2 is 1.86 bits per heavy atom. The normalized spacial score (nSPS) is 24.9. The van der Waals surface area contributed by atoms with Crippen molar-refractivity contribution in [3.8, 4) is 0 Å². The standard InChI is InChI=1S/C4H9NO.ClH/c1-4(6)2-5-3-4;/h5-6H,2-3H2,1H3;1H. The van der Waals surface area contributed by atoms with Gasteiger partial charge in [-0.2, -0.15) is 0 Å². The van der Waals surface area contributed by atoms with Crippen molar-refractivity contribution in [2.24, 2.45) is 0 Å². The fourth-order valence-electron chi connectivity index (χ4n) is 0.487. The van der Waals surface area contributed by atoms with E-state index in [9.17, 15) is 0 Å². The highest BCUT2D eigenvalue weighted by Crippen LogP contribution is 2.05. The minimum atomic E-state index is -0.389. The van der Waals surface area contributed by atoms with Crippen molar-refractivity contribution >= 4 is 12.4 Å². The second-order valence-electron chi connectivity index (χ2n) is 2.10. The van der Waals surface area contributed by atoms with Crippen LogP contribution in [0.3, 0.4) is 0 Å². The van der Waals surface area contributed by atoms with Gasteiger partial charge in [-0.3, -0.25) is 0 Å². The van der Waals surface area contributed by atoms with Crippen LogP contribution in [0.15, 0.2) is 0 Å². The molecule has 0 aromatic carbocycles. The molecule has 0 saturated carbocycles. The predicted molar refractivity (Wildman–Crippen MR) is 30.7 cm³/mol. The summed E-state index contributed by atoms with van der Waals surface area (Å²) in [6.07, 6.45) is 0. The van der Waals surface area contributed by atoms with Gasteiger partial charge in [0.1, 0.15) is 0 Å². The molecular weight excluding hydrogens is 114 g/mol. The molecule has 1 saturated heterocycles. The zero-order valence-electron chi connectivity index (χ0n) is 4.27. The topological polar surface area (TPSA) is 32.3 Å². The molecule has 1 heterocycles. The lowest BCUT2D eigenvalue weighted by Crippen LogP contribution is -2.57. The van der Waals surface area contributed by atoms with Gasteiger partial charge in [0.25, 0.3) is 0 Å². The van der Waals surface area contributed by atoms with Crippen LogP contribution in [-0.2, 0) is 0 Å². The molecule has 0 spiro atoms. The zero-order chi connectivity index (χ0) is 4.62. The van der Waals surface area contributed by atoms with E-state index in [2.05, 4.69) is 5.32 Å². The number of rotatable bonds is 0. The van der Waals surface area contributed by atoms with Crippen molar-refractivity contribution in [2.45, 2.75) is 12.5 Å². The highest BCUT2D eigenvalue weighted by atomic mass is 35.5. The molecule has 0 aromatic rings. The molecule has 0 bridgehead atoms. The zero-order valence-corrected chi connectivity index (χ0v) is 5.09. The third-order valence-corrected chi connectivity index (χ3v) is 1.01. The average Bonchev–Trinajstić information content (AvgIpc) is 1.32. The van der Waals surface area contributed by atoms with Crippen LogP contribution in [0.25, 0.3) is 0 Å². The van der Waals surface area contributed by atoms with Crippen LogP contribution in [0.5, 0.6) is 0 Å². The van der Waals surface area contributed by atoms with Crippen LogP contribution >= 0.6 is 12.4 Å². The minimum absolute atomic E-state index is 0. The summed E-state index contributed by atoms with van der Waals surface area (Å²) in [6, 6.07) is 0. The Labute approximate surface area is 49.3 Å². The summed E-state index contributed by atoms with van der Waals surface area (Å²) in [6.45, 7) is 3.34. The molecule has 0 aliphatic carbocycles. The first-order chi connectivity index (χ1) is 2.71. The van der Waals surface area contributed by atoms with E-state index in [4.69, 9.17) is 5.11 Å². The van der Waals surface area contributed by atoms with Crippen LogP contribution in [0, 0.1) is 0 Å². The molecule has 0 radical (unpaired) electrons. The van der Waals surface area contributed by atoms with E-state index in [0.717, 1.165) is 13.1 Å². The molecule has 1 rings (SSSR count). The monoisotopic (exact) mass is 123 g/mol. The van der Waals surface area contributed by atoms with Gasteiger partial charge in [0.15, 0.2) is 0 Å². The minimum Gasteiger partial charge on any atom is -0.388 e. The highest BCUT2D eigenvalue weighted by molar-refractivity contribution is 5.85. The first kappa shape index (κ1) is 7.21. The summed E-state index contributed by atoms with van der Waals surface area (Å²) in [7, 11) is 0. The number of aliphatic hydroxyl groups is 1. The number of β-amino-alcohol motifs (C(OH)–C–C–N with tert-alkyl or cyclic N) is 1. The van der Waals surface area contributed by atoms with Gasteiger partial charge in [0.2, 0.25) is 0 Å². The highest BCUT2D eigenvalue weighted by Gasteiger charge is 2.27. The Morgan fingerprint density at radius 3 is 1.86 bits per heavy atom. The second-order valence-corrected chi connectivity index (χ2v) is 2.10. The fourth-order valence-corrected chi connectivity index (χ4v) is 0.487. The SMILES string of the molecule is CC1(O)CNC1.Cl. The molecule has 3 heteroatoms. The lowest BCUT2D eigenvalue weighted by Gasteiger charge is -2.33. The maximum atomic E-state index is 8.85. The summed E-state index contributed by atoms with van der Waals surface area (Å²) in [5.41, 5.74) is -0.389. The number of hydrogen-bond donors (Lipinski definition) is 2. The van der Waals surface area contributed by atoms with E-state index in [0.29, 0.717) is 0 Å². The van der Waals surface area contributed by atoms with Crippen molar-refractivity contribution < 1.29 is 5.11 Å². The second kappa shape index (κ2) is 1.99. The number of nitrogens with one attached hydrogen (secondary N) is 1. The predicted octanol–water partition coefficient (Wildman–Crippen LogP) is -0.238. The molecule has 1 aliphatic rings. The fraction of sp³-hybridized carbons (Fsp3) is 1.00. The van der Waals surface area contributed by atoms with Crippen molar-refractivity contribution in [2.75, 3.05) is 13.1 Å². The van der Waals surface area contributed by atoms with Crippen molar-refractivity contribution in [1.82, 2.24) is 5.32 Å². The molecule has 1 fully saturated rings. The van der Waals surface area contributed by atoms with Gasteiger partial charge < -0.3 is 10.4 Å². The van der Waals surface area contributed by atoms with E-state index < -0.39 is 0 Å². The smallest absolute Gasteiger partial charge is 0.0867 e. The summed E-state index contributed by atoms with van der Waals surface area (Å²) in [4.78, 5) is 0. The number of halogens is 1. The Bertz CT molecular complexity index is 58.7. The summed E-state index contributed by atoms with van der Waals surface area (Å²) in [5.74, 6) is 0. The van der Waals surface area contributed by atoms with Gasteiger partial charge in [-0.1, -0.05) is 0 Å². The van der Waals surface area contributed by atoms with Crippen LogP contribution in [0.2, 0.25) is 0 Å². The molecule has 1 aliphatic heterocycles. The van der Waals surface area contributed by atoms with Gasteiger partial charge in [-0.15, -0.1) is 12.4 Å². The van der Waals surface area contributed by atoms with E-state index in [1.807, 2.05) is 6.92 Å². The van der Waals surface area contributed by atoms with Crippen LogP contribution in [-0.4, -0.2) is 23.8 Å². The molecule has 0 aromatic heterocycles. The van der Waals surface area contributed by atoms with E-state index in [1.54, 1.807) is 0 Å². The summed E-state index contributed by atoms with van der Waals surface area (Å²) >= 11 is 0. The first-order valence-electron chi connectivity index (χ1n) is 2.14. The molecule has 0 atom stereocenters. The van der Waals surface area contributed by atoms with Crippen LogP contribution in [0.1, 0.15) is 6.92 Å². The Hall–Kier alpha value is 0.210. The Morgan fingerprint density at radius 1 is 1.57 bits per heavy atom. The molecule has 7 heavy (non-hydrogen) atoms. The molecule has 2 nitrogen and oxygen atoms in total. The average molecular weight is 124 g/mol. The quantitative estimate of drug-likeness (QED) is 0.466. The third kappa shape index (κ3) is 1.63. The maximum absolute atomic E-state index is 8.85. The lowest BCUT2D eigenvalue weighted by atomic mass is 10.0. The van der Waals surface area contributed by atoms with E-state index in [-0.39, 0.29) is 18.0 Å². The van der Waals surface area contributed by atoms with Crippen molar-refractivity contribution in [3.63, 3.8) is 0 Å². The van der Waals surface area contributed by atoms with Crippen LogP contribution in [0.4, 0.5) is 0 Å². The molecular formula is C4H10ClNO. The van der Waals surface area contributed by atoms with Gasteiger partial charge in [-0.05, 0) is 6.92 Å². The summed E-state index contributed by atoms with van der Waals surface area (Å²) < 4.78 is 0. The largest absolute Gasteiger partial charge is 0.388 e. The Balaban J connectivity index is 0.000000360. The van der Waals surface area contributed by atoms with Gasteiger partial charge >= 0.3 is 0 Å². The van der Waals surface area contributed by atoms with Gasteiger partial charge in [0.05, 0.1) is 5.60 Å². The first-order valence-corrected chi connectivity index (χ1v) is 2.14. The van der Waals surface area contributed by atoms with E-state index >= 15 is 0 Å². The van der Waals surface area contributed by atoms with Crippen LogP contribution < -0.4 is 5.32 Å². The van der Waals surface area contributed by atoms with Gasteiger partial charge in [-0.25, -0.2) is 0 Å². The molecule has 0 unspecified atom stereocenters. The van der Waals surface area contributed by atoms with Crippen molar-refractivity contribution in [3.05, 3.63) is 0 Å². The number of hydrogen-bond acceptors (Lipinski definition) is 2. The molecule has 2 N–H and O–H groups in total. The lowest BCUT2D eigenvalue weighted by molar-refractivity contribution is 0.00878. The van der Waals surface area contributed by atoms with E-state index in [1.165, 1.54) is 0 Å². The Kier molecular flexibility index (Phi) is 2.05. The molecule has 44 valence electrons. The summed E-state index contributed by atoms with van der Waals surface area (Å²) in [5, 5.41) is 11.8. The van der Waals surface area contributed by atoms with Gasteiger partial charge in [0, 0.05) is 13.1 Å².